The Kier molecular flexibility index (Phi) is 50.4. The molecule has 65 heavy (non-hydrogen) atoms. The molecule has 0 aliphatic heterocycles. The van der Waals surface area contributed by atoms with E-state index in [9.17, 15) is 14.4 Å². The quantitative estimate of drug-likeness (QED) is 0.0262. The topological polar surface area (TPSA) is 78.9 Å². The van der Waals surface area contributed by atoms with Crippen LogP contribution >= 0.6 is 0 Å². The van der Waals surface area contributed by atoms with Crippen LogP contribution in [0, 0.1) is 0 Å². The third kappa shape index (κ3) is 51.4. The van der Waals surface area contributed by atoms with Crippen LogP contribution in [0.25, 0.3) is 0 Å². The highest BCUT2D eigenvalue weighted by Gasteiger charge is 2.19. The largest absolute Gasteiger partial charge is 0.462 e. The van der Waals surface area contributed by atoms with Crippen molar-refractivity contribution in [1.29, 1.82) is 0 Å². The Bertz CT molecular complexity index is 1270. The minimum Gasteiger partial charge on any atom is -0.462 e. The van der Waals surface area contributed by atoms with Gasteiger partial charge in [-0.15, -0.1) is 0 Å². The van der Waals surface area contributed by atoms with Crippen molar-refractivity contribution in [3.05, 3.63) is 85.1 Å². The summed E-state index contributed by atoms with van der Waals surface area (Å²) in [5.74, 6) is -0.954. The molecular weight excluding hydrogens is 805 g/mol. The lowest BCUT2D eigenvalue weighted by Gasteiger charge is -2.18. The lowest BCUT2D eigenvalue weighted by atomic mass is 10.1. The number of unbranched alkanes of at least 4 members (excludes halogenated alkanes) is 23. The van der Waals surface area contributed by atoms with Gasteiger partial charge in [-0.3, -0.25) is 14.4 Å². The molecule has 0 fully saturated rings. The van der Waals surface area contributed by atoms with Crippen molar-refractivity contribution in [2.24, 2.45) is 0 Å². The highest BCUT2D eigenvalue weighted by Crippen LogP contribution is 2.14. The van der Waals surface area contributed by atoms with Gasteiger partial charge in [-0.25, -0.2) is 0 Å². The van der Waals surface area contributed by atoms with Crippen molar-refractivity contribution in [2.45, 2.75) is 258 Å². The summed E-state index contributed by atoms with van der Waals surface area (Å²) in [6.45, 7) is 6.37. The predicted molar refractivity (Wildman–Crippen MR) is 279 cm³/mol. The van der Waals surface area contributed by atoms with E-state index in [1.165, 1.54) is 103 Å². The first-order chi connectivity index (χ1) is 32.0. The number of ether oxygens (including phenoxy) is 3. The Balaban J connectivity index is 4.41. The molecule has 0 saturated carbocycles. The van der Waals surface area contributed by atoms with E-state index in [-0.39, 0.29) is 31.1 Å². The summed E-state index contributed by atoms with van der Waals surface area (Å²) in [7, 11) is 0. The van der Waals surface area contributed by atoms with Crippen molar-refractivity contribution in [2.75, 3.05) is 13.2 Å². The monoisotopic (exact) mass is 905 g/mol. The summed E-state index contributed by atoms with van der Waals surface area (Å²) >= 11 is 0. The van der Waals surface area contributed by atoms with Crippen LogP contribution in [0.4, 0.5) is 0 Å². The molecule has 0 rings (SSSR count). The van der Waals surface area contributed by atoms with Crippen LogP contribution in [0.3, 0.4) is 0 Å². The smallest absolute Gasteiger partial charge is 0.306 e. The summed E-state index contributed by atoms with van der Waals surface area (Å²) in [5.41, 5.74) is 0. The molecule has 372 valence electrons. The highest BCUT2D eigenvalue weighted by molar-refractivity contribution is 5.71. The molecule has 0 aliphatic rings. The molecule has 0 amide bonds. The van der Waals surface area contributed by atoms with E-state index in [0.29, 0.717) is 19.3 Å². The van der Waals surface area contributed by atoms with E-state index in [1.807, 2.05) is 0 Å². The minimum atomic E-state index is -0.801. The molecule has 0 saturated heterocycles. The summed E-state index contributed by atoms with van der Waals surface area (Å²) in [5, 5.41) is 0. The van der Waals surface area contributed by atoms with E-state index < -0.39 is 6.10 Å². The molecule has 1 atom stereocenters. The Morgan fingerprint density at radius 2 is 0.600 bits per heavy atom. The summed E-state index contributed by atoms with van der Waals surface area (Å²) in [6.07, 6.45) is 68.6. The van der Waals surface area contributed by atoms with E-state index >= 15 is 0 Å². The maximum Gasteiger partial charge on any atom is 0.306 e. The number of hydrogen-bond acceptors (Lipinski definition) is 6. The summed E-state index contributed by atoms with van der Waals surface area (Å²) in [6, 6.07) is 0. The van der Waals surface area contributed by atoms with Crippen LogP contribution < -0.4 is 0 Å². The van der Waals surface area contributed by atoms with Crippen LogP contribution in [0.15, 0.2) is 85.1 Å². The van der Waals surface area contributed by atoms with E-state index in [4.69, 9.17) is 14.2 Å². The van der Waals surface area contributed by atoms with Crippen LogP contribution in [-0.4, -0.2) is 37.2 Å². The van der Waals surface area contributed by atoms with Crippen LogP contribution in [0.5, 0.6) is 0 Å². The second kappa shape index (κ2) is 53.2. The summed E-state index contributed by atoms with van der Waals surface area (Å²) < 4.78 is 16.8. The molecule has 0 spiro atoms. The minimum absolute atomic E-state index is 0.0966. The van der Waals surface area contributed by atoms with Gasteiger partial charge in [-0.2, -0.15) is 0 Å². The van der Waals surface area contributed by atoms with Crippen molar-refractivity contribution in [3.8, 4) is 0 Å². The molecule has 1 unspecified atom stereocenters. The molecule has 0 radical (unpaired) electrons. The fourth-order valence-corrected chi connectivity index (χ4v) is 7.35. The summed E-state index contributed by atoms with van der Waals surface area (Å²) in [4.78, 5) is 38.0. The van der Waals surface area contributed by atoms with Gasteiger partial charge in [0.05, 0.1) is 0 Å². The van der Waals surface area contributed by atoms with Crippen molar-refractivity contribution < 1.29 is 28.6 Å². The fraction of sp³-hybridized carbons (Fsp3) is 0.712. The number of carbonyl (C=O) groups is 3. The number of hydrogen-bond donors (Lipinski definition) is 0. The molecule has 6 nitrogen and oxygen atoms in total. The van der Waals surface area contributed by atoms with E-state index in [1.54, 1.807) is 0 Å². The van der Waals surface area contributed by atoms with Gasteiger partial charge in [-0.1, -0.05) is 209 Å². The molecule has 0 N–H and O–H groups in total. The van der Waals surface area contributed by atoms with Crippen molar-refractivity contribution in [3.63, 3.8) is 0 Å². The van der Waals surface area contributed by atoms with Gasteiger partial charge >= 0.3 is 17.9 Å². The molecular formula is C59H100O6. The zero-order chi connectivity index (χ0) is 47.2. The first-order valence-electron chi connectivity index (χ1n) is 27.1. The average molecular weight is 905 g/mol. The maximum absolute atomic E-state index is 12.8. The zero-order valence-corrected chi connectivity index (χ0v) is 42.5. The Morgan fingerprint density at radius 1 is 0.323 bits per heavy atom. The number of allylic oxidation sites excluding steroid dienone is 14. The van der Waals surface area contributed by atoms with Gasteiger partial charge in [0, 0.05) is 19.3 Å². The average Bonchev–Trinajstić information content (AvgIpc) is 3.30. The van der Waals surface area contributed by atoms with Gasteiger partial charge in [0.1, 0.15) is 13.2 Å². The van der Waals surface area contributed by atoms with Gasteiger partial charge in [0.25, 0.3) is 0 Å². The number of carbonyl (C=O) groups excluding carboxylic acids is 3. The van der Waals surface area contributed by atoms with Crippen molar-refractivity contribution >= 4 is 17.9 Å². The molecule has 0 aromatic carbocycles. The zero-order valence-electron chi connectivity index (χ0n) is 42.5. The van der Waals surface area contributed by atoms with Gasteiger partial charge in [-0.05, 0) is 109 Å². The normalized spacial score (nSPS) is 12.7. The van der Waals surface area contributed by atoms with E-state index in [0.717, 1.165) is 109 Å². The first kappa shape index (κ1) is 61.6. The standard InChI is InChI=1S/C59H100O6/c1-4-7-10-13-16-19-22-25-27-29-30-31-33-34-37-40-43-46-49-52-58(61)64-55-56(54-63-57(60)51-48-45-42-39-36-24-21-18-15-12-9-6-3)65-59(62)53-50-47-44-41-38-35-32-28-26-23-20-17-14-11-8-5-2/h8-9,11-12,17-18,20-21,26,28-30,36,39,56H,4-7,10,13-16,19,22-25,27,31-35,37-38,40-55H2,1-3H3/b11-8-,12-9-,20-17-,21-18-,28-26-,30-29-,39-36-. The fourth-order valence-electron chi connectivity index (χ4n) is 7.35. The number of esters is 3. The molecule has 0 aromatic heterocycles. The second-order valence-corrected chi connectivity index (χ2v) is 17.7. The highest BCUT2D eigenvalue weighted by atomic mass is 16.6. The molecule has 0 bridgehead atoms. The molecule has 6 heteroatoms. The SMILES string of the molecule is CC/C=C\C/C=C\C/C=C\CCCCCCCCC(=O)OC(COC(=O)CCCC/C=C\C/C=C\C/C=C\CC)COC(=O)CCCCCCCCC/C=C\CCCCCCCCCC. The van der Waals surface area contributed by atoms with Crippen molar-refractivity contribution in [1.82, 2.24) is 0 Å². The first-order valence-corrected chi connectivity index (χ1v) is 27.1. The third-order valence-corrected chi connectivity index (χ3v) is 11.4. The van der Waals surface area contributed by atoms with Gasteiger partial charge in [0.2, 0.25) is 0 Å². The van der Waals surface area contributed by atoms with Crippen LogP contribution in [-0.2, 0) is 28.6 Å². The maximum atomic E-state index is 12.8. The van der Waals surface area contributed by atoms with Crippen LogP contribution in [0.1, 0.15) is 252 Å². The number of rotatable bonds is 48. The van der Waals surface area contributed by atoms with Gasteiger partial charge < -0.3 is 14.2 Å². The molecule has 0 aliphatic carbocycles. The third-order valence-electron chi connectivity index (χ3n) is 11.4. The second-order valence-electron chi connectivity index (χ2n) is 17.7. The van der Waals surface area contributed by atoms with Crippen LogP contribution in [0.2, 0.25) is 0 Å². The lowest BCUT2D eigenvalue weighted by Crippen LogP contribution is -2.30. The molecule has 0 aromatic rings. The Hall–Kier alpha value is -3.41. The molecule has 0 heterocycles. The predicted octanol–water partition coefficient (Wildman–Crippen LogP) is 18.0. The van der Waals surface area contributed by atoms with E-state index in [2.05, 4.69) is 106 Å². The Labute approximate surface area is 401 Å². The Morgan fingerprint density at radius 3 is 0.985 bits per heavy atom. The van der Waals surface area contributed by atoms with Gasteiger partial charge in [0.15, 0.2) is 6.10 Å². The lowest BCUT2D eigenvalue weighted by molar-refractivity contribution is -0.167.